The monoisotopic (exact) mass is 472 g/mol. The van der Waals surface area contributed by atoms with Gasteiger partial charge in [-0.05, 0) is 23.8 Å². The molecule has 0 aliphatic heterocycles. The summed E-state index contributed by atoms with van der Waals surface area (Å²) in [5, 5.41) is 0.729. The van der Waals surface area contributed by atoms with E-state index in [0.717, 1.165) is 37.2 Å². The predicted molar refractivity (Wildman–Crippen MR) is 121 cm³/mol. The molecule has 0 fully saturated rings. The first-order chi connectivity index (χ1) is 15.3. The van der Waals surface area contributed by atoms with Gasteiger partial charge in [-0.1, -0.05) is 60.7 Å². The molecule has 7 nitrogen and oxygen atoms in total. The molecule has 32 heavy (non-hydrogen) atoms. The Morgan fingerprint density at radius 3 is 1.78 bits per heavy atom. The molecule has 0 amide bonds. The van der Waals surface area contributed by atoms with Crippen LogP contribution in [0.3, 0.4) is 0 Å². The van der Waals surface area contributed by atoms with Crippen LogP contribution in [0.5, 0.6) is 0 Å². The van der Waals surface area contributed by atoms with E-state index < -0.39 is 30.2 Å². The van der Waals surface area contributed by atoms with Gasteiger partial charge in [-0.3, -0.25) is 0 Å². The van der Waals surface area contributed by atoms with Crippen molar-refractivity contribution in [2.24, 2.45) is 0 Å². The second-order valence-corrected chi connectivity index (χ2v) is 10.2. The summed E-state index contributed by atoms with van der Waals surface area (Å²) in [5.41, 5.74) is 0.700. The van der Waals surface area contributed by atoms with Gasteiger partial charge in [-0.15, -0.1) is 0 Å². The Labute approximate surface area is 187 Å². The summed E-state index contributed by atoms with van der Waals surface area (Å²) in [4.78, 5) is 23.7. The van der Waals surface area contributed by atoms with E-state index in [0.29, 0.717) is 6.16 Å². The van der Waals surface area contributed by atoms with E-state index in [1.807, 2.05) is 36.4 Å². The zero-order chi connectivity index (χ0) is 23.1. The number of benzene rings is 3. The van der Waals surface area contributed by atoms with Crippen molar-refractivity contribution in [3.63, 3.8) is 0 Å². The van der Waals surface area contributed by atoms with Gasteiger partial charge in [-0.2, -0.15) is 8.42 Å². The Morgan fingerprint density at radius 1 is 0.781 bits per heavy atom. The van der Waals surface area contributed by atoms with Gasteiger partial charge in [0.05, 0.1) is 38.4 Å². The number of ether oxygens (including phenoxy) is 2. The number of hydrogen-bond acceptors (Lipinski definition) is 7. The summed E-state index contributed by atoms with van der Waals surface area (Å²) >= 11 is 0. The number of carbonyl (C=O) groups excluding carboxylic acids is 2. The number of rotatable bonds is 8. The second kappa shape index (κ2) is 10.5. The summed E-state index contributed by atoms with van der Waals surface area (Å²) in [6.45, 7) is 0. The van der Waals surface area contributed by atoms with Crippen LogP contribution in [0, 0.1) is 0 Å². The van der Waals surface area contributed by atoms with Crippen molar-refractivity contribution in [2.75, 3.05) is 14.2 Å². The van der Waals surface area contributed by atoms with Crippen LogP contribution < -0.4 is 5.30 Å². The van der Waals surface area contributed by atoms with Crippen LogP contribution in [0.4, 0.5) is 0 Å². The first-order valence-corrected chi connectivity index (χ1v) is 12.3. The minimum atomic E-state index is -4.34. The SMILES string of the molecule is COC(=O)c1cc(C(=O)OC)cc(S(=O)(=O)OP(Cc2ccccc2)c2ccccc2)c1. The molecule has 0 saturated heterocycles. The molecule has 9 heteroatoms. The van der Waals surface area contributed by atoms with Crippen molar-refractivity contribution in [3.05, 3.63) is 95.6 Å². The average molecular weight is 472 g/mol. The van der Waals surface area contributed by atoms with E-state index in [4.69, 9.17) is 3.97 Å². The predicted octanol–water partition coefficient (Wildman–Crippen LogP) is 3.89. The molecule has 1 atom stereocenters. The third-order valence-corrected chi connectivity index (χ3v) is 8.28. The van der Waals surface area contributed by atoms with Gasteiger partial charge in [-0.25, -0.2) is 13.6 Å². The van der Waals surface area contributed by atoms with E-state index in [2.05, 4.69) is 9.47 Å². The summed E-state index contributed by atoms with van der Waals surface area (Å²) in [6, 6.07) is 21.9. The van der Waals surface area contributed by atoms with Gasteiger partial charge < -0.3 is 9.47 Å². The molecule has 0 N–H and O–H groups in total. The fraction of sp³-hybridized carbons (Fsp3) is 0.130. The summed E-state index contributed by atoms with van der Waals surface area (Å²) < 4.78 is 41.5. The maximum Gasteiger partial charge on any atom is 0.337 e. The van der Waals surface area contributed by atoms with E-state index >= 15 is 0 Å². The van der Waals surface area contributed by atoms with Crippen molar-refractivity contribution in [2.45, 2.75) is 11.1 Å². The van der Waals surface area contributed by atoms with Crippen molar-refractivity contribution < 1.29 is 31.5 Å². The fourth-order valence-electron chi connectivity index (χ4n) is 2.88. The zero-order valence-electron chi connectivity index (χ0n) is 17.4. The molecule has 166 valence electrons. The van der Waals surface area contributed by atoms with Gasteiger partial charge in [0.25, 0.3) is 10.1 Å². The Hall–Kier alpha value is -3.06. The van der Waals surface area contributed by atoms with Crippen molar-refractivity contribution in [3.8, 4) is 0 Å². The lowest BCUT2D eigenvalue weighted by Crippen LogP contribution is -2.13. The van der Waals surface area contributed by atoms with Gasteiger partial charge >= 0.3 is 11.9 Å². The first kappa shape index (κ1) is 23.6. The quantitative estimate of drug-likeness (QED) is 0.363. The largest absolute Gasteiger partial charge is 0.465 e. The summed E-state index contributed by atoms with van der Waals surface area (Å²) in [6.07, 6.45) is 0.361. The molecule has 0 radical (unpaired) electrons. The number of esters is 2. The van der Waals surface area contributed by atoms with Crippen molar-refractivity contribution in [1.29, 1.82) is 0 Å². The van der Waals surface area contributed by atoms with E-state index in [9.17, 15) is 18.0 Å². The highest BCUT2D eigenvalue weighted by molar-refractivity contribution is 7.91. The van der Waals surface area contributed by atoms with Gasteiger partial charge in [0.15, 0.2) is 0 Å². The molecule has 0 bridgehead atoms. The molecule has 3 rings (SSSR count). The molecule has 0 saturated carbocycles. The maximum absolute atomic E-state index is 13.2. The lowest BCUT2D eigenvalue weighted by molar-refractivity contribution is 0.0598. The van der Waals surface area contributed by atoms with Crippen LogP contribution in [0.15, 0.2) is 83.8 Å². The van der Waals surface area contributed by atoms with Crippen LogP contribution in [-0.2, 0) is 29.7 Å². The third-order valence-electron chi connectivity index (χ3n) is 4.44. The molecule has 3 aromatic carbocycles. The maximum atomic E-state index is 13.2. The minimum absolute atomic E-state index is 0.107. The standard InChI is InChI=1S/C23H21O7PS/c1-28-22(24)18-13-19(23(25)29-2)15-21(14-18)32(26,27)30-31(20-11-7-4-8-12-20)16-17-9-5-3-6-10-17/h3-15H,16H2,1-2H3. The number of carbonyl (C=O) groups is 2. The van der Waals surface area contributed by atoms with Crippen LogP contribution in [-0.4, -0.2) is 34.6 Å². The highest BCUT2D eigenvalue weighted by Crippen LogP contribution is 2.43. The Bertz CT molecular complexity index is 1160. The van der Waals surface area contributed by atoms with Crippen LogP contribution in [0.1, 0.15) is 26.3 Å². The van der Waals surface area contributed by atoms with Gasteiger partial charge in [0.1, 0.15) is 0 Å². The molecule has 0 aliphatic rings. The molecule has 0 aromatic heterocycles. The molecular formula is C23H21O7PS. The number of methoxy groups -OCH3 is 2. The van der Waals surface area contributed by atoms with E-state index in [-0.39, 0.29) is 16.0 Å². The third kappa shape index (κ3) is 5.79. The number of hydrogen-bond donors (Lipinski definition) is 0. The highest BCUT2D eigenvalue weighted by Gasteiger charge is 2.27. The molecule has 0 heterocycles. The zero-order valence-corrected chi connectivity index (χ0v) is 19.1. The van der Waals surface area contributed by atoms with Crippen LogP contribution in [0.25, 0.3) is 0 Å². The molecular weight excluding hydrogens is 451 g/mol. The smallest absolute Gasteiger partial charge is 0.337 e. The Morgan fingerprint density at radius 2 is 1.28 bits per heavy atom. The molecule has 0 aliphatic carbocycles. The fourth-order valence-corrected chi connectivity index (χ4v) is 6.50. The Kier molecular flexibility index (Phi) is 7.75. The average Bonchev–Trinajstić information content (AvgIpc) is 2.83. The summed E-state index contributed by atoms with van der Waals surface area (Å²) in [5.74, 6) is -1.58. The lowest BCUT2D eigenvalue weighted by Gasteiger charge is -2.18. The summed E-state index contributed by atoms with van der Waals surface area (Å²) in [7, 11) is -3.65. The topological polar surface area (TPSA) is 96.0 Å². The normalized spacial score (nSPS) is 12.1. The van der Waals surface area contributed by atoms with Gasteiger partial charge in [0.2, 0.25) is 0 Å². The first-order valence-electron chi connectivity index (χ1n) is 9.47. The van der Waals surface area contributed by atoms with E-state index in [1.54, 1.807) is 24.3 Å². The second-order valence-electron chi connectivity index (χ2n) is 6.62. The minimum Gasteiger partial charge on any atom is -0.465 e. The lowest BCUT2D eigenvalue weighted by atomic mass is 10.1. The molecule has 3 aromatic rings. The van der Waals surface area contributed by atoms with E-state index in [1.165, 1.54) is 6.07 Å². The van der Waals surface area contributed by atoms with Crippen LogP contribution in [0.2, 0.25) is 0 Å². The van der Waals surface area contributed by atoms with Crippen molar-refractivity contribution in [1.82, 2.24) is 0 Å². The molecule has 0 spiro atoms. The van der Waals surface area contributed by atoms with Crippen molar-refractivity contribution >= 4 is 35.5 Å². The van der Waals surface area contributed by atoms with Gasteiger partial charge in [0, 0.05) is 11.5 Å². The van der Waals surface area contributed by atoms with Crippen LogP contribution >= 0.6 is 8.15 Å². The molecule has 1 unspecified atom stereocenters. The Balaban J connectivity index is 2.02. The highest BCUT2D eigenvalue weighted by atomic mass is 32.2.